The Balaban J connectivity index is 1.11. The summed E-state index contributed by atoms with van der Waals surface area (Å²) in [6, 6.07) is 24.9. The van der Waals surface area contributed by atoms with Gasteiger partial charge in [-0.2, -0.15) is 0 Å². The van der Waals surface area contributed by atoms with Gasteiger partial charge in [-0.15, -0.1) is 10.2 Å². The molecular weight excluding hydrogens is 466 g/mol. The first kappa shape index (κ1) is 22.7. The highest BCUT2D eigenvalue weighted by molar-refractivity contribution is 6.01. The number of nitrogens with one attached hydrogen (secondary N) is 1. The molecule has 184 valence electrons. The number of anilines is 3. The van der Waals surface area contributed by atoms with Gasteiger partial charge in [0.15, 0.2) is 17.4 Å². The molecule has 0 radical (unpaired) electrons. The average Bonchev–Trinajstić information content (AvgIpc) is 3.37. The zero-order valence-corrected chi connectivity index (χ0v) is 20.3. The predicted octanol–water partition coefficient (Wildman–Crippen LogP) is 4.69. The van der Waals surface area contributed by atoms with Crippen molar-refractivity contribution in [2.24, 2.45) is 0 Å². The number of fused-ring (bicyclic) bond motifs is 1. The van der Waals surface area contributed by atoms with Gasteiger partial charge in [-0.1, -0.05) is 41.6 Å². The number of aryl methyl sites for hydroxylation is 1. The van der Waals surface area contributed by atoms with Gasteiger partial charge < -0.3 is 19.6 Å². The van der Waals surface area contributed by atoms with Crippen LogP contribution in [0.1, 0.15) is 16.1 Å². The lowest BCUT2D eigenvalue weighted by Crippen LogP contribution is -2.49. The molecule has 5 aromatic rings. The van der Waals surface area contributed by atoms with Crippen LogP contribution in [-0.2, 0) is 0 Å². The van der Waals surface area contributed by atoms with Gasteiger partial charge in [-0.3, -0.25) is 4.79 Å². The number of carbonyl (C=O) groups is 1. The SMILES string of the molecule is Cc1cccc(Nc2ccc(N3CCN(C(=O)c4ccc5noc(-c6ccccc6)c5c4)CC3)nn2)n1. The van der Waals surface area contributed by atoms with Crippen molar-refractivity contribution >= 4 is 34.3 Å². The van der Waals surface area contributed by atoms with Crippen molar-refractivity contribution in [1.82, 2.24) is 25.2 Å². The molecule has 6 rings (SSSR count). The Morgan fingerprint density at radius 2 is 1.70 bits per heavy atom. The molecule has 0 aliphatic carbocycles. The van der Waals surface area contributed by atoms with Crippen LogP contribution in [0.25, 0.3) is 22.2 Å². The largest absolute Gasteiger partial charge is 0.355 e. The Labute approximate surface area is 213 Å². The molecule has 1 amide bonds. The molecule has 9 heteroatoms. The van der Waals surface area contributed by atoms with Crippen molar-refractivity contribution in [3.05, 3.63) is 90.1 Å². The average molecular weight is 492 g/mol. The minimum Gasteiger partial charge on any atom is -0.355 e. The molecule has 1 fully saturated rings. The lowest BCUT2D eigenvalue weighted by atomic mass is 10.1. The molecule has 9 nitrogen and oxygen atoms in total. The van der Waals surface area contributed by atoms with Crippen LogP contribution in [-0.4, -0.2) is 57.3 Å². The first-order valence-electron chi connectivity index (χ1n) is 12.2. The van der Waals surface area contributed by atoms with E-state index in [1.54, 1.807) is 0 Å². The molecule has 0 spiro atoms. The third kappa shape index (κ3) is 4.71. The van der Waals surface area contributed by atoms with Crippen molar-refractivity contribution in [2.75, 3.05) is 36.4 Å². The summed E-state index contributed by atoms with van der Waals surface area (Å²) >= 11 is 0. The number of benzene rings is 2. The van der Waals surface area contributed by atoms with E-state index in [-0.39, 0.29) is 5.91 Å². The molecule has 1 N–H and O–H groups in total. The third-order valence-corrected chi connectivity index (χ3v) is 6.45. The second-order valence-corrected chi connectivity index (χ2v) is 8.95. The highest BCUT2D eigenvalue weighted by Gasteiger charge is 2.24. The molecule has 2 aromatic carbocycles. The summed E-state index contributed by atoms with van der Waals surface area (Å²) in [5.74, 6) is 2.82. The maximum atomic E-state index is 13.3. The standard InChI is InChI=1S/C28H25N7O2/c1-19-6-5-9-24(29-19)30-25-12-13-26(32-31-25)34-14-16-35(17-15-34)28(36)21-10-11-23-22(18-21)27(37-33-23)20-7-3-2-4-8-20/h2-13,18H,14-17H2,1H3,(H,29,30,31). The van der Waals surface area contributed by atoms with E-state index in [1.165, 1.54) is 0 Å². The normalized spacial score (nSPS) is 13.6. The van der Waals surface area contributed by atoms with Gasteiger partial charge in [0.1, 0.15) is 11.3 Å². The van der Waals surface area contributed by atoms with E-state index in [4.69, 9.17) is 4.52 Å². The van der Waals surface area contributed by atoms with Crippen LogP contribution in [0.5, 0.6) is 0 Å². The number of piperazine rings is 1. The number of hydrogen-bond donors (Lipinski definition) is 1. The van der Waals surface area contributed by atoms with Crippen LogP contribution in [0.15, 0.2) is 83.4 Å². The van der Waals surface area contributed by atoms with Gasteiger partial charge in [0.05, 0.1) is 5.39 Å². The molecule has 4 heterocycles. The van der Waals surface area contributed by atoms with Gasteiger partial charge in [0.25, 0.3) is 5.91 Å². The van der Waals surface area contributed by atoms with Crippen LogP contribution in [0.4, 0.5) is 17.5 Å². The molecule has 0 unspecified atom stereocenters. The van der Waals surface area contributed by atoms with Crippen LogP contribution in [0, 0.1) is 6.92 Å². The molecule has 1 aliphatic heterocycles. The number of hydrogen-bond acceptors (Lipinski definition) is 8. The first-order chi connectivity index (χ1) is 18.1. The maximum absolute atomic E-state index is 13.3. The Hall–Kier alpha value is -4.79. The van der Waals surface area contributed by atoms with Gasteiger partial charge in [0, 0.05) is 43.0 Å². The topological polar surface area (TPSA) is 100 Å². The zero-order valence-electron chi connectivity index (χ0n) is 20.3. The summed E-state index contributed by atoms with van der Waals surface area (Å²) in [6.07, 6.45) is 0. The first-order valence-corrected chi connectivity index (χ1v) is 12.2. The van der Waals surface area contributed by atoms with Crippen LogP contribution >= 0.6 is 0 Å². The Morgan fingerprint density at radius 1 is 0.865 bits per heavy atom. The second-order valence-electron chi connectivity index (χ2n) is 8.95. The number of pyridine rings is 1. The fourth-order valence-electron chi connectivity index (χ4n) is 4.50. The maximum Gasteiger partial charge on any atom is 0.254 e. The van der Waals surface area contributed by atoms with E-state index >= 15 is 0 Å². The number of nitrogens with zero attached hydrogens (tertiary/aromatic N) is 6. The van der Waals surface area contributed by atoms with Crippen LogP contribution < -0.4 is 10.2 Å². The summed E-state index contributed by atoms with van der Waals surface area (Å²) in [5, 5.41) is 16.8. The Kier molecular flexibility index (Phi) is 5.94. The van der Waals surface area contributed by atoms with Crippen molar-refractivity contribution in [1.29, 1.82) is 0 Å². The fourth-order valence-corrected chi connectivity index (χ4v) is 4.50. The predicted molar refractivity (Wildman–Crippen MR) is 142 cm³/mol. The Bertz CT molecular complexity index is 1540. The molecule has 0 atom stereocenters. The lowest BCUT2D eigenvalue weighted by Gasteiger charge is -2.35. The smallest absolute Gasteiger partial charge is 0.254 e. The molecule has 37 heavy (non-hydrogen) atoms. The Morgan fingerprint density at radius 3 is 2.46 bits per heavy atom. The summed E-state index contributed by atoms with van der Waals surface area (Å²) in [7, 11) is 0. The van der Waals surface area contributed by atoms with Gasteiger partial charge in [0.2, 0.25) is 0 Å². The number of aromatic nitrogens is 4. The minimum absolute atomic E-state index is 0.00181. The second kappa shape index (κ2) is 9.69. The fraction of sp³-hybridized carbons (Fsp3) is 0.179. The quantitative estimate of drug-likeness (QED) is 0.378. The molecule has 3 aromatic heterocycles. The summed E-state index contributed by atoms with van der Waals surface area (Å²) < 4.78 is 5.59. The van der Waals surface area contributed by atoms with Gasteiger partial charge >= 0.3 is 0 Å². The monoisotopic (exact) mass is 491 g/mol. The van der Waals surface area contributed by atoms with E-state index in [0.717, 1.165) is 33.8 Å². The highest BCUT2D eigenvalue weighted by atomic mass is 16.5. The van der Waals surface area contributed by atoms with Crippen LogP contribution in [0.3, 0.4) is 0 Å². The number of amides is 1. The van der Waals surface area contributed by atoms with E-state index < -0.39 is 0 Å². The third-order valence-electron chi connectivity index (χ3n) is 6.45. The van der Waals surface area contributed by atoms with Crippen molar-refractivity contribution < 1.29 is 9.32 Å². The lowest BCUT2D eigenvalue weighted by molar-refractivity contribution is 0.0746. The summed E-state index contributed by atoms with van der Waals surface area (Å²) in [6.45, 7) is 4.50. The summed E-state index contributed by atoms with van der Waals surface area (Å²) in [4.78, 5) is 21.8. The highest BCUT2D eigenvalue weighted by Crippen LogP contribution is 2.29. The van der Waals surface area contributed by atoms with Gasteiger partial charge in [-0.05, 0) is 49.4 Å². The van der Waals surface area contributed by atoms with E-state index in [2.05, 4.69) is 30.6 Å². The number of rotatable bonds is 5. The van der Waals surface area contributed by atoms with Gasteiger partial charge in [-0.25, -0.2) is 4.98 Å². The molecule has 1 aliphatic rings. The molecule has 1 saturated heterocycles. The van der Waals surface area contributed by atoms with Crippen LogP contribution in [0.2, 0.25) is 0 Å². The van der Waals surface area contributed by atoms with Crippen molar-refractivity contribution in [3.63, 3.8) is 0 Å². The van der Waals surface area contributed by atoms with E-state index in [9.17, 15) is 4.79 Å². The minimum atomic E-state index is -0.00181. The van der Waals surface area contributed by atoms with Crippen molar-refractivity contribution in [3.8, 4) is 11.3 Å². The van der Waals surface area contributed by atoms with Crippen molar-refractivity contribution in [2.45, 2.75) is 6.92 Å². The zero-order chi connectivity index (χ0) is 25.2. The van der Waals surface area contributed by atoms with E-state index in [0.29, 0.717) is 43.3 Å². The summed E-state index contributed by atoms with van der Waals surface area (Å²) in [5.41, 5.74) is 3.22. The molecular formula is C28H25N7O2. The molecule has 0 saturated carbocycles. The van der Waals surface area contributed by atoms with E-state index in [1.807, 2.05) is 90.7 Å². The number of carbonyl (C=O) groups excluding carboxylic acids is 1. The molecule has 0 bridgehead atoms.